The van der Waals surface area contributed by atoms with Crippen LogP contribution >= 0.6 is 11.8 Å². The monoisotopic (exact) mass is 639 g/mol. The van der Waals surface area contributed by atoms with Crippen molar-refractivity contribution in [2.75, 3.05) is 32.0 Å². The Balaban J connectivity index is 1.54. The summed E-state index contributed by atoms with van der Waals surface area (Å²) in [6.07, 6.45) is 1.51. The number of carbonyl (C=O) groups is 4. The van der Waals surface area contributed by atoms with Crippen LogP contribution in [-0.4, -0.2) is 50.3 Å². The van der Waals surface area contributed by atoms with Crippen molar-refractivity contribution in [1.82, 2.24) is 5.32 Å². The minimum Gasteiger partial charge on any atom is -0.493 e. The lowest BCUT2D eigenvalue weighted by atomic mass is 10.1. The topological polar surface area (TPSA) is 132 Å². The van der Waals surface area contributed by atoms with E-state index >= 15 is 0 Å². The molecule has 0 bridgehead atoms. The Kier molecular flexibility index (Phi) is 11.6. The molecule has 10 nitrogen and oxygen atoms in total. The van der Waals surface area contributed by atoms with Gasteiger partial charge in [0.2, 0.25) is 5.91 Å². The van der Waals surface area contributed by atoms with Gasteiger partial charge >= 0.3 is 5.97 Å². The van der Waals surface area contributed by atoms with Crippen LogP contribution in [0.15, 0.2) is 108 Å². The van der Waals surface area contributed by atoms with E-state index in [1.165, 1.54) is 39.2 Å². The zero-order valence-corrected chi connectivity index (χ0v) is 26.5. The van der Waals surface area contributed by atoms with E-state index < -0.39 is 23.0 Å². The highest BCUT2D eigenvalue weighted by atomic mass is 32.2. The Morgan fingerprint density at radius 3 is 2.22 bits per heavy atom. The third-order valence-electron chi connectivity index (χ3n) is 6.63. The number of carbonyl (C=O) groups excluding carboxylic acids is 4. The second-order valence-corrected chi connectivity index (χ2v) is 11.1. The number of para-hydroxylation sites is 2. The van der Waals surface area contributed by atoms with Gasteiger partial charge in [-0.2, -0.15) is 0 Å². The van der Waals surface area contributed by atoms with Crippen molar-refractivity contribution < 1.29 is 33.4 Å². The summed E-state index contributed by atoms with van der Waals surface area (Å²) in [6, 6.07) is 27.3. The van der Waals surface area contributed by atoms with Gasteiger partial charge in [0.1, 0.15) is 5.70 Å². The molecule has 3 amide bonds. The van der Waals surface area contributed by atoms with E-state index in [-0.39, 0.29) is 17.2 Å². The van der Waals surface area contributed by atoms with Crippen molar-refractivity contribution in [3.8, 4) is 11.5 Å². The van der Waals surface area contributed by atoms with Gasteiger partial charge in [-0.1, -0.05) is 48.5 Å². The molecule has 0 radical (unpaired) electrons. The number of rotatable bonds is 12. The van der Waals surface area contributed by atoms with Crippen molar-refractivity contribution >= 4 is 52.9 Å². The molecule has 4 aromatic rings. The van der Waals surface area contributed by atoms with Gasteiger partial charge in [-0.3, -0.25) is 14.4 Å². The first-order valence-electron chi connectivity index (χ1n) is 14.1. The average molecular weight is 640 g/mol. The highest BCUT2D eigenvalue weighted by molar-refractivity contribution is 8.00. The van der Waals surface area contributed by atoms with E-state index in [4.69, 9.17) is 14.2 Å². The fourth-order valence-electron chi connectivity index (χ4n) is 4.34. The predicted octanol–water partition coefficient (Wildman–Crippen LogP) is 6.02. The molecule has 0 saturated carbocycles. The van der Waals surface area contributed by atoms with Crippen LogP contribution in [-0.2, 0) is 14.3 Å². The summed E-state index contributed by atoms with van der Waals surface area (Å²) >= 11 is 1.27. The van der Waals surface area contributed by atoms with Crippen molar-refractivity contribution in [3.63, 3.8) is 0 Å². The lowest BCUT2D eigenvalue weighted by Crippen LogP contribution is -2.30. The number of methoxy groups -OCH3 is 3. The molecule has 0 aromatic heterocycles. The van der Waals surface area contributed by atoms with E-state index in [1.807, 2.05) is 6.07 Å². The number of esters is 1. The molecule has 0 aliphatic rings. The number of anilines is 2. The zero-order valence-electron chi connectivity index (χ0n) is 25.7. The summed E-state index contributed by atoms with van der Waals surface area (Å²) in [5.41, 5.74) is 1.89. The number of amides is 3. The maximum Gasteiger partial charge on any atom is 0.339 e. The molecule has 0 aliphatic carbocycles. The molecule has 1 unspecified atom stereocenters. The normalized spacial score (nSPS) is 11.5. The molecule has 4 rings (SSSR count). The smallest absolute Gasteiger partial charge is 0.339 e. The molecule has 1 atom stereocenters. The summed E-state index contributed by atoms with van der Waals surface area (Å²) in [5, 5.41) is 7.77. The van der Waals surface area contributed by atoms with Crippen molar-refractivity contribution in [3.05, 3.63) is 119 Å². The maximum atomic E-state index is 13.6. The van der Waals surface area contributed by atoms with E-state index in [0.29, 0.717) is 38.9 Å². The fourth-order valence-corrected chi connectivity index (χ4v) is 5.27. The number of hydrogen-bond acceptors (Lipinski definition) is 8. The van der Waals surface area contributed by atoms with Crippen LogP contribution in [0.2, 0.25) is 0 Å². The Labute approximate surface area is 271 Å². The zero-order chi connectivity index (χ0) is 33.1. The van der Waals surface area contributed by atoms with E-state index in [2.05, 4.69) is 16.0 Å². The summed E-state index contributed by atoms with van der Waals surface area (Å²) in [5.74, 6) is -1.08. The molecule has 0 heterocycles. The van der Waals surface area contributed by atoms with Crippen LogP contribution in [0, 0.1) is 0 Å². The first kappa shape index (κ1) is 33.3. The first-order chi connectivity index (χ1) is 22.2. The first-order valence-corrected chi connectivity index (χ1v) is 15.0. The average Bonchev–Trinajstić information content (AvgIpc) is 3.08. The lowest BCUT2D eigenvalue weighted by Gasteiger charge is -2.15. The predicted molar refractivity (Wildman–Crippen MR) is 178 cm³/mol. The van der Waals surface area contributed by atoms with Gasteiger partial charge in [-0.25, -0.2) is 4.79 Å². The molecule has 11 heteroatoms. The fraction of sp³-hybridized carbons (Fsp3) is 0.143. The quantitative estimate of drug-likeness (QED) is 0.0975. The van der Waals surface area contributed by atoms with Crippen LogP contribution in [0.3, 0.4) is 0 Å². The number of benzene rings is 4. The maximum absolute atomic E-state index is 13.6. The van der Waals surface area contributed by atoms with Gasteiger partial charge in [0.05, 0.1) is 37.8 Å². The summed E-state index contributed by atoms with van der Waals surface area (Å²) < 4.78 is 15.7. The second-order valence-electron chi connectivity index (χ2n) is 9.73. The minimum atomic E-state index is -0.582. The SMILES string of the molecule is COC(=O)c1ccccc1NC(=O)C(C)Sc1cccc(NC(=O)/C(=C\c2cccc(OC)c2OC)NC(=O)c2ccccc2)c1. The van der Waals surface area contributed by atoms with Crippen LogP contribution in [0.4, 0.5) is 11.4 Å². The molecule has 0 saturated heterocycles. The van der Waals surface area contributed by atoms with E-state index in [0.717, 1.165) is 0 Å². The van der Waals surface area contributed by atoms with Crippen LogP contribution in [0.1, 0.15) is 33.2 Å². The third-order valence-corrected chi connectivity index (χ3v) is 7.72. The number of nitrogens with one attached hydrogen (secondary N) is 3. The van der Waals surface area contributed by atoms with Gasteiger partial charge in [0.15, 0.2) is 11.5 Å². The molecule has 0 aliphatic heterocycles. The molecule has 0 fully saturated rings. The van der Waals surface area contributed by atoms with Crippen molar-refractivity contribution in [2.24, 2.45) is 0 Å². The molecule has 0 spiro atoms. The Morgan fingerprint density at radius 2 is 1.50 bits per heavy atom. The van der Waals surface area contributed by atoms with E-state index in [9.17, 15) is 19.2 Å². The van der Waals surface area contributed by atoms with Gasteiger partial charge in [-0.05, 0) is 61.5 Å². The molecule has 3 N–H and O–H groups in total. The van der Waals surface area contributed by atoms with E-state index in [1.54, 1.807) is 97.9 Å². The summed E-state index contributed by atoms with van der Waals surface area (Å²) in [7, 11) is 4.27. The summed E-state index contributed by atoms with van der Waals surface area (Å²) in [6.45, 7) is 1.73. The largest absolute Gasteiger partial charge is 0.493 e. The molecule has 4 aromatic carbocycles. The minimum absolute atomic E-state index is 0.0320. The van der Waals surface area contributed by atoms with Crippen LogP contribution < -0.4 is 25.4 Å². The van der Waals surface area contributed by atoms with Gasteiger partial charge in [0.25, 0.3) is 11.8 Å². The highest BCUT2D eigenvalue weighted by Gasteiger charge is 2.20. The Hall–Kier alpha value is -5.55. The highest BCUT2D eigenvalue weighted by Crippen LogP contribution is 2.32. The van der Waals surface area contributed by atoms with Crippen molar-refractivity contribution in [1.29, 1.82) is 0 Å². The number of thioether (sulfide) groups is 1. The third kappa shape index (κ3) is 8.54. The Bertz CT molecular complexity index is 1760. The molecule has 46 heavy (non-hydrogen) atoms. The van der Waals surface area contributed by atoms with Gasteiger partial charge in [0, 0.05) is 21.7 Å². The molecule has 236 valence electrons. The Morgan fingerprint density at radius 1 is 0.783 bits per heavy atom. The molecular formula is C35H33N3O7S. The van der Waals surface area contributed by atoms with Gasteiger partial charge in [-0.15, -0.1) is 11.8 Å². The van der Waals surface area contributed by atoms with Gasteiger partial charge < -0.3 is 30.2 Å². The summed E-state index contributed by atoms with van der Waals surface area (Å²) in [4.78, 5) is 52.5. The molecular weight excluding hydrogens is 606 g/mol. The van der Waals surface area contributed by atoms with Crippen molar-refractivity contribution in [2.45, 2.75) is 17.1 Å². The standard InChI is InChI=1S/C35H33N3O7S/c1-22(32(39)37-28-18-9-8-17-27(28)35(42)45-4)46-26-16-11-15-25(21-26)36-34(41)29(38-33(40)23-12-6-5-7-13-23)20-24-14-10-19-30(43-2)31(24)44-3/h5-22H,1-4H3,(H,36,41)(H,37,39)(H,38,40)/b29-20+. The van der Waals surface area contributed by atoms with Crippen LogP contribution in [0.25, 0.3) is 6.08 Å². The lowest BCUT2D eigenvalue weighted by molar-refractivity contribution is -0.115. The van der Waals surface area contributed by atoms with Crippen LogP contribution in [0.5, 0.6) is 11.5 Å². The number of hydrogen-bond donors (Lipinski definition) is 3. The number of ether oxygens (including phenoxy) is 3. The second kappa shape index (κ2) is 16.0.